The summed E-state index contributed by atoms with van der Waals surface area (Å²) in [6.07, 6.45) is 1.75. The van der Waals surface area contributed by atoms with Crippen LogP contribution in [0.25, 0.3) is 10.9 Å². The maximum Gasteiger partial charge on any atom is 0.256 e. The first-order valence-electron chi connectivity index (χ1n) is 8.82. The van der Waals surface area contributed by atoms with Gasteiger partial charge in [0, 0.05) is 48.8 Å². The maximum atomic E-state index is 12.9. The Hall–Kier alpha value is -3.59. The first kappa shape index (κ1) is 16.9. The van der Waals surface area contributed by atoms with Gasteiger partial charge >= 0.3 is 0 Å². The Balaban J connectivity index is 1.45. The Labute approximate surface area is 156 Å². The highest BCUT2D eigenvalue weighted by Gasteiger charge is 2.26. The number of nitrogens with one attached hydrogen (secondary N) is 1. The standard InChI is InChI=1S/C21H18N4O2/c22-13-15-4-3-5-16(12-15)20(26)24-8-10-25(11-9-24)21(27)18-14-23-19-7-2-1-6-17(18)19/h1-7,12,14,23H,8-11H2. The average Bonchev–Trinajstić information content (AvgIpc) is 3.17. The number of carbonyl (C=O) groups excluding carboxylic acids is 2. The second-order valence-electron chi connectivity index (χ2n) is 6.52. The topological polar surface area (TPSA) is 80.2 Å². The highest BCUT2D eigenvalue weighted by atomic mass is 16.2. The molecule has 1 aliphatic heterocycles. The highest BCUT2D eigenvalue weighted by molar-refractivity contribution is 6.06. The number of H-pyrrole nitrogens is 1. The van der Waals surface area contributed by atoms with Crippen LogP contribution in [-0.2, 0) is 0 Å². The molecule has 0 saturated carbocycles. The number of piperazine rings is 1. The molecule has 1 aliphatic rings. The van der Waals surface area contributed by atoms with Crippen molar-refractivity contribution < 1.29 is 9.59 Å². The molecule has 6 nitrogen and oxygen atoms in total. The molecule has 0 unspecified atom stereocenters. The zero-order valence-corrected chi connectivity index (χ0v) is 14.7. The number of amides is 2. The summed E-state index contributed by atoms with van der Waals surface area (Å²) < 4.78 is 0. The molecule has 2 aromatic carbocycles. The molecule has 1 fully saturated rings. The van der Waals surface area contributed by atoms with Crippen LogP contribution in [0.1, 0.15) is 26.3 Å². The summed E-state index contributed by atoms with van der Waals surface area (Å²) in [5, 5.41) is 9.91. The minimum atomic E-state index is -0.105. The maximum absolute atomic E-state index is 12.9. The van der Waals surface area contributed by atoms with E-state index in [1.807, 2.05) is 24.3 Å². The quantitative estimate of drug-likeness (QED) is 0.765. The Morgan fingerprint density at radius 2 is 1.63 bits per heavy atom. The lowest BCUT2D eigenvalue weighted by molar-refractivity contribution is 0.0536. The van der Waals surface area contributed by atoms with Gasteiger partial charge in [0.25, 0.3) is 11.8 Å². The van der Waals surface area contributed by atoms with Crippen LogP contribution >= 0.6 is 0 Å². The van der Waals surface area contributed by atoms with Crippen molar-refractivity contribution in [2.75, 3.05) is 26.2 Å². The van der Waals surface area contributed by atoms with Gasteiger partial charge in [0.05, 0.1) is 17.2 Å². The summed E-state index contributed by atoms with van der Waals surface area (Å²) in [6.45, 7) is 1.93. The normalized spacial score (nSPS) is 14.2. The molecular formula is C21H18N4O2. The van der Waals surface area contributed by atoms with Gasteiger partial charge in [0.15, 0.2) is 0 Å². The minimum Gasteiger partial charge on any atom is -0.360 e. The first-order chi connectivity index (χ1) is 13.2. The van der Waals surface area contributed by atoms with Crippen LogP contribution in [0.4, 0.5) is 0 Å². The number of benzene rings is 2. The fraction of sp³-hybridized carbons (Fsp3) is 0.190. The lowest BCUT2D eigenvalue weighted by Gasteiger charge is -2.34. The van der Waals surface area contributed by atoms with E-state index in [2.05, 4.69) is 11.1 Å². The minimum absolute atomic E-state index is 0.0222. The van der Waals surface area contributed by atoms with Crippen molar-refractivity contribution in [2.45, 2.75) is 0 Å². The number of aromatic amines is 1. The Kier molecular flexibility index (Phi) is 4.35. The Morgan fingerprint density at radius 3 is 2.37 bits per heavy atom. The zero-order chi connectivity index (χ0) is 18.8. The third-order valence-corrected chi connectivity index (χ3v) is 4.91. The van der Waals surface area contributed by atoms with Crippen LogP contribution in [0.3, 0.4) is 0 Å². The summed E-state index contributed by atoms with van der Waals surface area (Å²) in [7, 11) is 0. The van der Waals surface area contributed by atoms with Crippen LogP contribution in [0.5, 0.6) is 0 Å². The summed E-state index contributed by atoms with van der Waals surface area (Å²) >= 11 is 0. The predicted octanol–water partition coefficient (Wildman–Crippen LogP) is 2.64. The van der Waals surface area contributed by atoms with Crippen molar-refractivity contribution in [1.29, 1.82) is 5.26 Å². The van der Waals surface area contributed by atoms with Gasteiger partial charge in [0.1, 0.15) is 0 Å². The molecule has 134 valence electrons. The van der Waals surface area contributed by atoms with Gasteiger partial charge in [-0.25, -0.2) is 0 Å². The third kappa shape index (κ3) is 3.15. The molecule has 1 aromatic heterocycles. The van der Waals surface area contributed by atoms with E-state index in [0.717, 1.165) is 10.9 Å². The fourth-order valence-corrected chi connectivity index (χ4v) is 3.44. The van der Waals surface area contributed by atoms with Crippen molar-refractivity contribution in [2.24, 2.45) is 0 Å². The van der Waals surface area contributed by atoms with Gasteiger partial charge < -0.3 is 14.8 Å². The Bertz CT molecular complexity index is 1060. The van der Waals surface area contributed by atoms with E-state index in [0.29, 0.717) is 42.9 Å². The average molecular weight is 358 g/mol. The number of rotatable bonds is 2. The van der Waals surface area contributed by atoms with Crippen LogP contribution in [0.2, 0.25) is 0 Å². The molecule has 0 radical (unpaired) electrons. The molecule has 27 heavy (non-hydrogen) atoms. The summed E-state index contributed by atoms with van der Waals surface area (Å²) in [6, 6.07) is 16.5. The smallest absolute Gasteiger partial charge is 0.256 e. The number of nitriles is 1. The van der Waals surface area contributed by atoms with Crippen molar-refractivity contribution in [3.8, 4) is 6.07 Å². The van der Waals surface area contributed by atoms with E-state index in [1.54, 1.807) is 40.3 Å². The second kappa shape index (κ2) is 6.96. The molecular weight excluding hydrogens is 340 g/mol. The first-order valence-corrected chi connectivity index (χ1v) is 8.82. The van der Waals surface area contributed by atoms with Crippen molar-refractivity contribution >= 4 is 22.7 Å². The van der Waals surface area contributed by atoms with E-state index >= 15 is 0 Å². The van der Waals surface area contributed by atoms with Gasteiger partial charge in [-0.1, -0.05) is 24.3 Å². The lowest BCUT2D eigenvalue weighted by Crippen LogP contribution is -2.50. The summed E-state index contributed by atoms with van der Waals surface area (Å²) in [4.78, 5) is 32.2. The molecule has 3 aromatic rings. The third-order valence-electron chi connectivity index (χ3n) is 4.91. The molecule has 1 saturated heterocycles. The molecule has 0 atom stereocenters. The van der Waals surface area contributed by atoms with E-state index in [9.17, 15) is 9.59 Å². The highest BCUT2D eigenvalue weighted by Crippen LogP contribution is 2.20. The molecule has 4 rings (SSSR count). The number of para-hydroxylation sites is 1. The van der Waals surface area contributed by atoms with Crippen molar-refractivity contribution in [3.63, 3.8) is 0 Å². The van der Waals surface area contributed by atoms with Gasteiger partial charge in [-0.15, -0.1) is 0 Å². The molecule has 2 amide bonds. The molecule has 2 heterocycles. The van der Waals surface area contributed by atoms with E-state index in [-0.39, 0.29) is 11.8 Å². The number of hydrogen-bond donors (Lipinski definition) is 1. The molecule has 0 aliphatic carbocycles. The van der Waals surface area contributed by atoms with Gasteiger partial charge in [-0.3, -0.25) is 9.59 Å². The lowest BCUT2D eigenvalue weighted by atomic mass is 10.1. The molecule has 0 bridgehead atoms. The summed E-state index contributed by atoms with van der Waals surface area (Å²) in [5.74, 6) is -0.127. The largest absolute Gasteiger partial charge is 0.360 e. The second-order valence-corrected chi connectivity index (χ2v) is 6.52. The fourth-order valence-electron chi connectivity index (χ4n) is 3.44. The van der Waals surface area contributed by atoms with Crippen molar-refractivity contribution in [1.82, 2.24) is 14.8 Å². The van der Waals surface area contributed by atoms with Crippen LogP contribution in [-0.4, -0.2) is 52.8 Å². The van der Waals surface area contributed by atoms with Gasteiger partial charge in [-0.2, -0.15) is 5.26 Å². The van der Waals surface area contributed by atoms with Crippen molar-refractivity contribution in [3.05, 3.63) is 71.4 Å². The van der Waals surface area contributed by atoms with E-state index in [4.69, 9.17) is 5.26 Å². The van der Waals surface area contributed by atoms with Gasteiger partial charge in [-0.05, 0) is 24.3 Å². The van der Waals surface area contributed by atoms with Crippen LogP contribution in [0.15, 0.2) is 54.7 Å². The van der Waals surface area contributed by atoms with E-state index < -0.39 is 0 Å². The van der Waals surface area contributed by atoms with Crippen LogP contribution < -0.4 is 0 Å². The summed E-state index contributed by atoms with van der Waals surface area (Å²) in [5.41, 5.74) is 2.57. The monoisotopic (exact) mass is 358 g/mol. The number of carbonyl (C=O) groups is 2. The molecule has 1 N–H and O–H groups in total. The molecule has 6 heteroatoms. The number of hydrogen-bond acceptors (Lipinski definition) is 3. The molecule has 0 spiro atoms. The van der Waals surface area contributed by atoms with Gasteiger partial charge in [0.2, 0.25) is 0 Å². The predicted molar refractivity (Wildman–Crippen MR) is 101 cm³/mol. The Morgan fingerprint density at radius 1 is 0.926 bits per heavy atom. The zero-order valence-electron chi connectivity index (χ0n) is 14.7. The number of aromatic nitrogens is 1. The SMILES string of the molecule is N#Cc1cccc(C(=O)N2CCN(C(=O)c3c[nH]c4ccccc34)CC2)c1. The van der Waals surface area contributed by atoms with Crippen LogP contribution in [0, 0.1) is 11.3 Å². The van der Waals surface area contributed by atoms with E-state index in [1.165, 1.54) is 0 Å². The number of nitrogens with zero attached hydrogens (tertiary/aromatic N) is 3. The number of fused-ring (bicyclic) bond motifs is 1.